The standard InChI is InChI=1S/C17H19NO3.C13H12BO3.C4H9NO2.CH4.ClH/c1-13(17(20)11-19)18-15-8-5-9-16(10-15)21-12-14-6-3-2-4-7-14;15-14-17-13-8-4-7-12(9-13)16-10-11-5-2-1-3-6-11;1-3(5)4(7)2-6;;/h2-10,13,18-19H,11-12H2,1H3;1-9,15H,10H2;3,6H,2,5H2,1H3;1H4;1H/t13-;;3-;;/m1.1../s1. The number of hydrogen-bond donors (Lipinski definition) is 5. The third-order valence-corrected chi connectivity index (χ3v) is 6.01. The number of aliphatic hydroxyl groups is 2. The molecule has 47 heavy (non-hydrogen) atoms. The molecule has 4 aromatic rings. The van der Waals surface area contributed by atoms with E-state index in [0.29, 0.717) is 32.4 Å². The summed E-state index contributed by atoms with van der Waals surface area (Å²) in [6, 6.07) is 33.4. The average Bonchev–Trinajstić information content (AvgIpc) is 3.07. The topological polar surface area (TPSA) is 161 Å². The highest BCUT2D eigenvalue weighted by atomic mass is 35.5. The second-order valence-electron chi connectivity index (χ2n) is 9.68. The Morgan fingerprint density at radius 3 is 1.64 bits per heavy atom. The van der Waals surface area contributed by atoms with Gasteiger partial charge in [0.15, 0.2) is 11.6 Å². The largest absolute Gasteiger partial charge is 0.569 e. The van der Waals surface area contributed by atoms with Crippen LogP contribution in [0.4, 0.5) is 5.69 Å². The number of benzene rings is 4. The minimum Gasteiger partial charge on any atom is -0.537 e. The van der Waals surface area contributed by atoms with E-state index < -0.39 is 25.3 Å². The van der Waals surface area contributed by atoms with Crippen LogP contribution in [0.25, 0.3) is 0 Å². The molecule has 2 atom stereocenters. The van der Waals surface area contributed by atoms with E-state index in [9.17, 15) is 9.59 Å². The van der Waals surface area contributed by atoms with Crippen molar-refractivity contribution in [3.8, 4) is 17.2 Å². The number of carbonyl (C=O) groups is 2. The molecule has 0 saturated carbocycles. The molecule has 0 saturated heterocycles. The van der Waals surface area contributed by atoms with Crippen LogP contribution in [-0.4, -0.2) is 59.8 Å². The van der Waals surface area contributed by atoms with Crippen molar-refractivity contribution in [2.75, 3.05) is 18.5 Å². The number of Topliss-reactive ketones (excluding diaryl/α,β-unsaturated/α-hetero) is 2. The van der Waals surface area contributed by atoms with E-state index in [1.54, 1.807) is 32.0 Å². The summed E-state index contributed by atoms with van der Waals surface area (Å²) >= 11 is 0. The van der Waals surface area contributed by atoms with Gasteiger partial charge < -0.3 is 40.4 Å². The zero-order valence-electron chi connectivity index (χ0n) is 25.8. The van der Waals surface area contributed by atoms with Gasteiger partial charge in [-0.05, 0) is 49.2 Å². The molecule has 0 heterocycles. The number of ether oxygens (including phenoxy) is 2. The Balaban J connectivity index is 0.000000734. The van der Waals surface area contributed by atoms with Crippen LogP contribution in [0, 0.1) is 0 Å². The highest BCUT2D eigenvalue weighted by Crippen LogP contribution is 2.21. The molecule has 6 N–H and O–H groups in total. The molecular formula is C35H45BClN2O8. The molecule has 0 amide bonds. The van der Waals surface area contributed by atoms with E-state index in [-0.39, 0.29) is 31.4 Å². The number of hydrogen-bond acceptors (Lipinski definition) is 10. The van der Waals surface area contributed by atoms with Gasteiger partial charge in [-0.2, -0.15) is 0 Å². The predicted molar refractivity (Wildman–Crippen MR) is 188 cm³/mol. The van der Waals surface area contributed by atoms with Gasteiger partial charge in [0.2, 0.25) is 0 Å². The predicted octanol–water partition coefficient (Wildman–Crippen LogP) is 4.75. The van der Waals surface area contributed by atoms with Gasteiger partial charge in [-0.3, -0.25) is 9.59 Å². The van der Waals surface area contributed by atoms with E-state index in [4.69, 9.17) is 35.1 Å². The molecule has 0 unspecified atom stereocenters. The van der Waals surface area contributed by atoms with Crippen molar-refractivity contribution in [3.05, 3.63) is 120 Å². The van der Waals surface area contributed by atoms with Crippen LogP contribution in [0.1, 0.15) is 32.4 Å². The number of nitrogens with one attached hydrogen (secondary N) is 1. The Labute approximate surface area is 284 Å². The van der Waals surface area contributed by atoms with Gasteiger partial charge in [-0.25, -0.2) is 0 Å². The Bertz CT molecular complexity index is 1420. The van der Waals surface area contributed by atoms with Gasteiger partial charge in [-0.15, -0.1) is 12.4 Å². The molecule has 0 fully saturated rings. The van der Waals surface area contributed by atoms with Gasteiger partial charge >= 0.3 is 7.69 Å². The highest BCUT2D eigenvalue weighted by Gasteiger charge is 2.11. The van der Waals surface area contributed by atoms with Crippen LogP contribution in [0.15, 0.2) is 109 Å². The van der Waals surface area contributed by atoms with Gasteiger partial charge in [0.25, 0.3) is 0 Å². The van der Waals surface area contributed by atoms with E-state index in [0.717, 1.165) is 22.6 Å². The van der Waals surface area contributed by atoms with E-state index in [1.807, 2.05) is 91.0 Å². The fourth-order valence-electron chi connectivity index (χ4n) is 3.47. The summed E-state index contributed by atoms with van der Waals surface area (Å²) in [5.74, 6) is 1.41. The quantitative estimate of drug-likeness (QED) is 0.119. The Morgan fingerprint density at radius 2 is 1.19 bits per heavy atom. The number of halogens is 1. The fraction of sp³-hybridized carbons (Fsp3) is 0.257. The smallest absolute Gasteiger partial charge is 0.537 e. The van der Waals surface area contributed by atoms with Crippen molar-refractivity contribution in [1.82, 2.24) is 0 Å². The van der Waals surface area contributed by atoms with Crippen LogP contribution in [0.3, 0.4) is 0 Å². The number of carbonyl (C=O) groups excluding carboxylic acids is 2. The minimum atomic E-state index is -0.523. The monoisotopic (exact) mass is 667 g/mol. The van der Waals surface area contributed by atoms with Gasteiger partial charge in [0, 0.05) is 17.8 Å². The second kappa shape index (κ2) is 24.8. The number of rotatable bonds is 14. The van der Waals surface area contributed by atoms with Crippen LogP contribution in [0.2, 0.25) is 0 Å². The summed E-state index contributed by atoms with van der Waals surface area (Å²) in [7, 11) is 0.649. The third kappa shape index (κ3) is 17.8. The molecule has 1 radical (unpaired) electrons. The first-order valence-corrected chi connectivity index (χ1v) is 14.2. The number of ketones is 2. The summed E-state index contributed by atoms with van der Waals surface area (Å²) in [5.41, 5.74) is 8.02. The lowest BCUT2D eigenvalue weighted by Crippen LogP contribution is -2.28. The lowest BCUT2D eigenvalue weighted by Gasteiger charge is -2.14. The molecule has 10 nitrogen and oxygen atoms in total. The lowest BCUT2D eigenvalue weighted by atomic mass is 10.2. The van der Waals surface area contributed by atoms with E-state index in [1.165, 1.54) is 0 Å². The zero-order valence-corrected chi connectivity index (χ0v) is 26.6. The number of aliphatic hydroxyl groups excluding tert-OH is 2. The molecule has 0 aliphatic heterocycles. The Kier molecular flexibility index (Phi) is 22.5. The van der Waals surface area contributed by atoms with Crippen molar-refractivity contribution in [1.29, 1.82) is 0 Å². The molecule has 0 aromatic heterocycles. The maximum atomic E-state index is 11.4. The minimum absolute atomic E-state index is 0. The Morgan fingerprint density at radius 1 is 0.723 bits per heavy atom. The maximum Gasteiger partial charge on any atom is 0.569 e. The number of anilines is 1. The van der Waals surface area contributed by atoms with Crippen molar-refractivity contribution >= 4 is 37.3 Å². The van der Waals surface area contributed by atoms with E-state index in [2.05, 4.69) is 5.32 Å². The molecule has 0 spiro atoms. The highest BCUT2D eigenvalue weighted by molar-refractivity contribution is 6.17. The van der Waals surface area contributed by atoms with E-state index >= 15 is 0 Å². The molecule has 4 rings (SSSR count). The summed E-state index contributed by atoms with van der Waals surface area (Å²) in [6.45, 7) is 3.35. The Hall–Kier alpha value is -4.39. The van der Waals surface area contributed by atoms with Gasteiger partial charge in [0.1, 0.15) is 43.7 Å². The van der Waals surface area contributed by atoms with Crippen LogP contribution >= 0.6 is 12.4 Å². The van der Waals surface area contributed by atoms with Crippen molar-refractivity contribution in [3.63, 3.8) is 0 Å². The van der Waals surface area contributed by atoms with Gasteiger partial charge in [0.05, 0.1) is 12.1 Å². The molecule has 253 valence electrons. The van der Waals surface area contributed by atoms with Crippen molar-refractivity contribution in [2.24, 2.45) is 5.73 Å². The van der Waals surface area contributed by atoms with Crippen molar-refractivity contribution in [2.45, 2.75) is 46.6 Å². The van der Waals surface area contributed by atoms with Crippen molar-refractivity contribution < 1.29 is 39.0 Å². The normalized spacial score (nSPS) is 10.8. The number of nitrogens with two attached hydrogens (primary N) is 1. The summed E-state index contributed by atoms with van der Waals surface area (Å²) in [4.78, 5) is 21.5. The molecule has 0 aliphatic rings. The molecule has 0 aliphatic carbocycles. The first kappa shape index (κ1) is 42.6. The zero-order chi connectivity index (χ0) is 32.9. The van der Waals surface area contributed by atoms with Crippen LogP contribution in [-0.2, 0) is 22.8 Å². The lowest BCUT2D eigenvalue weighted by molar-refractivity contribution is -0.123. The average molecular weight is 668 g/mol. The van der Waals surface area contributed by atoms with Crippen LogP contribution < -0.4 is 25.2 Å². The molecule has 4 aromatic carbocycles. The first-order valence-electron chi connectivity index (χ1n) is 14.2. The molecular weight excluding hydrogens is 623 g/mol. The summed E-state index contributed by atoms with van der Waals surface area (Å²) in [5, 5.41) is 28.5. The molecule has 0 bridgehead atoms. The maximum absolute atomic E-state index is 11.4. The molecule has 12 heteroatoms. The SMILES string of the molecule is C.C[C@@H](N)C(=O)CO.C[C@@H](Nc1cccc(OCc2ccccc2)c1)C(=O)CO.Cl.O[B]Oc1cccc(OCc2ccccc2)c1. The summed E-state index contributed by atoms with van der Waals surface area (Å²) in [6.07, 6.45) is 0. The van der Waals surface area contributed by atoms with Gasteiger partial charge in [-0.1, -0.05) is 80.2 Å². The fourth-order valence-corrected chi connectivity index (χ4v) is 3.47. The van der Waals surface area contributed by atoms with Crippen LogP contribution in [0.5, 0.6) is 17.2 Å². The third-order valence-electron chi connectivity index (χ3n) is 6.01. The first-order chi connectivity index (χ1) is 21.7. The summed E-state index contributed by atoms with van der Waals surface area (Å²) < 4.78 is 16.2. The second-order valence-corrected chi connectivity index (χ2v) is 9.68.